The second kappa shape index (κ2) is 4.65. The van der Waals surface area contributed by atoms with Gasteiger partial charge in [-0.3, -0.25) is 0 Å². The molecule has 68 valence electrons. The van der Waals surface area contributed by atoms with Gasteiger partial charge in [0.25, 0.3) is 0 Å². The normalized spacial score (nSPS) is 20.9. The van der Waals surface area contributed by atoms with E-state index in [9.17, 15) is 4.79 Å². The maximum atomic E-state index is 10.5. The van der Waals surface area contributed by atoms with Crippen molar-refractivity contribution >= 4 is 21.9 Å². The molecule has 1 aliphatic rings. The lowest BCUT2D eigenvalue weighted by molar-refractivity contribution is -0.131. The van der Waals surface area contributed by atoms with Crippen LogP contribution in [-0.2, 0) is 4.79 Å². The first-order valence-electron chi connectivity index (χ1n) is 4.31. The van der Waals surface area contributed by atoms with Crippen molar-refractivity contribution in [2.45, 2.75) is 32.1 Å². The number of hydrogen-bond donors (Lipinski definition) is 1. The van der Waals surface area contributed by atoms with E-state index in [4.69, 9.17) is 5.11 Å². The van der Waals surface area contributed by atoms with Crippen molar-refractivity contribution in [3.8, 4) is 0 Å². The van der Waals surface area contributed by atoms with E-state index in [1.165, 1.54) is 19.3 Å². The van der Waals surface area contributed by atoms with Gasteiger partial charge in [-0.2, -0.15) is 0 Å². The van der Waals surface area contributed by atoms with E-state index in [1.54, 1.807) is 0 Å². The number of rotatable bonds is 2. The van der Waals surface area contributed by atoms with Crippen LogP contribution in [0.3, 0.4) is 0 Å². The minimum Gasteiger partial charge on any atom is -0.477 e. The summed E-state index contributed by atoms with van der Waals surface area (Å²) in [5.74, 6) is -0.384. The van der Waals surface area contributed by atoms with E-state index in [1.807, 2.05) is 6.08 Å². The molecule has 1 fully saturated rings. The first-order chi connectivity index (χ1) is 5.70. The smallest absolute Gasteiger partial charge is 0.342 e. The predicted octanol–water partition coefficient (Wildman–Crippen LogP) is 2.93. The third kappa shape index (κ3) is 2.97. The fourth-order valence-electron chi connectivity index (χ4n) is 1.58. The molecule has 0 heterocycles. The number of allylic oxidation sites excluding steroid dienone is 1. The van der Waals surface area contributed by atoms with Crippen LogP contribution in [0.15, 0.2) is 10.6 Å². The van der Waals surface area contributed by atoms with Gasteiger partial charge in [0.1, 0.15) is 0 Å². The zero-order valence-electron chi connectivity index (χ0n) is 6.92. The molecule has 0 aliphatic heterocycles. The van der Waals surface area contributed by atoms with Crippen molar-refractivity contribution in [2.75, 3.05) is 0 Å². The summed E-state index contributed by atoms with van der Waals surface area (Å²) in [7, 11) is 0. The number of aliphatic carboxylic acids is 1. The van der Waals surface area contributed by atoms with Crippen LogP contribution in [0.5, 0.6) is 0 Å². The molecule has 0 bridgehead atoms. The van der Waals surface area contributed by atoms with Crippen LogP contribution in [0.25, 0.3) is 0 Å². The summed E-state index contributed by atoms with van der Waals surface area (Å²) in [6.07, 6.45) is 7.89. The highest BCUT2D eigenvalue weighted by Crippen LogP contribution is 2.26. The maximum absolute atomic E-state index is 10.5. The Bertz CT molecular complexity index is 193. The second-order valence-electron chi connectivity index (χ2n) is 3.22. The zero-order chi connectivity index (χ0) is 8.97. The first-order valence-corrected chi connectivity index (χ1v) is 5.10. The Hall–Kier alpha value is -0.310. The number of carboxylic acid groups (broad SMARTS) is 1. The predicted molar refractivity (Wildman–Crippen MR) is 51.2 cm³/mol. The van der Waals surface area contributed by atoms with Gasteiger partial charge in [-0.05, 0) is 34.7 Å². The summed E-state index contributed by atoms with van der Waals surface area (Å²) < 4.78 is 0.314. The molecule has 0 atom stereocenters. The quantitative estimate of drug-likeness (QED) is 0.744. The van der Waals surface area contributed by atoms with Gasteiger partial charge in [0.15, 0.2) is 0 Å². The summed E-state index contributed by atoms with van der Waals surface area (Å²) in [5, 5.41) is 8.60. The highest BCUT2D eigenvalue weighted by molar-refractivity contribution is 9.12. The van der Waals surface area contributed by atoms with E-state index in [0.717, 1.165) is 12.8 Å². The molecule has 0 amide bonds. The molecule has 3 heteroatoms. The average Bonchev–Trinajstić information content (AvgIpc) is 2.06. The van der Waals surface area contributed by atoms with E-state index < -0.39 is 5.97 Å². The Morgan fingerprint density at radius 2 is 1.92 bits per heavy atom. The first kappa shape index (κ1) is 9.78. The molecule has 0 unspecified atom stereocenters. The molecule has 1 rings (SSSR count). The van der Waals surface area contributed by atoms with Crippen molar-refractivity contribution in [2.24, 2.45) is 5.92 Å². The monoisotopic (exact) mass is 232 g/mol. The van der Waals surface area contributed by atoms with Crippen molar-refractivity contribution < 1.29 is 9.90 Å². The van der Waals surface area contributed by atoms with Gasteiger partial charge >= 0.3 is 5.97 Å². The lowest BCUT2D eigenvalue weighted by Crippen LogP contribution is -2.05. The summed E-state index contributed by atoms with van der Waals surface area (Å²) in [4.78, 5) is 10.5. The molecule has 1 N–H and O–H groups in total. The Balaban J connectivity index is 2.47. The molecule has 1 aliphatic carbocycles. The van der Waals surface area contributed by atoms with Crippen LogP contribution in [0.4, 0.5) is 0 Å². The fraction of sp³-hybridized carbons (Fsp3) is 0.667. The largest absolute Gasteiger partial charge is 0.477 e. The lowest BCUT2D eigenvalue weighted by atomic mass is 9.89. The van der Waals surface area contributed by atoms with Gasteiger partial charge < -0.3 is 5.11 Å². The fourth-order valence-corrected chi connectivity index (χ4v) is 1.95. The molecule has 0 spiro atoms. The molecule has 0 saturated heterocycles. The van der Waals surface area contributed by atoms with E-state index in [0.29, 0.717) is 10.4 Å². The minimum atomic E-state index is -0.861. The Labute approximate surface area is 80.8 Å². The van der Waals surface area contributed by atoms with Gasteiger partial charge in [0.2, 0.25) is 0 Å². The Kier molecular flexibility index (Phi) is 3.79. The molecule has 0 radical (unpaired) electrons. The van der Waals surface area contributed by atoms with E-state index in [-0.39, 0.29) is 0 Å². The summed E-state index contributed by atoms with van der Waals surface area (Å²) in [6.45, 7) is 0. The molecular weight excluding hydrogens is 220 g/mol. The number of carbonyl (C=O) groups is 1. The number of hydrogen-bond acceptors (Lipinski definition) is 1. The zero-order valence-corrected chi connectivity index (χ0v) is 8.51. The minimum absolute atomic E-state index is 0.314. The van der Waals surface area contributed by atoms with Crippen LogP contribution < -0.4 is 0 Å². The molecule has 0 aromatic rings. The van der Waals surface area contributed by atoms with E-state index >= 15 is 0 Å². The van der Waals surface area contributed by atoms with Crippen molar-refractivity contribution in [1.29, 1.82) is 0 Å². The molecule has 0 aromatic carbocycles. The standard InChI is InChI=1S/C9H13BrO2/c10-8(9(11)12)6-7-4-2-1-3-5-7/h6-7H,1-5H2,(H,11,12). The van der Waals surface area contributed by atoms with Gasteiger partial charge in [-0.1, -0.05) is 25.3 Å². The average molecular weight is 233 g/mol. The van der Waals surface area contributed by atoms with Gasteiger partial charge in [0, 0.05) is 0 Å². The van der Waals surface area contributed by atoms with Crippen LogP contribution in [0, 0.1) is 5.92 Å². The Morgan fingerprint density at radius 1 is 1.33 bits per heavy atom. The summed E-state index contributed by atoms with van der Waals surface area (Å²) in [6, 6.07) is 0. The SMILES string of the molecule is O=C(O)C(Br)=CC1CCCCC1. The molecule has 0 aromatic heterocycles. The highest BCUT2D eigenvalue weighted by atomic mass is 79.9. The van der Waals surface area contributed by atoms with Crippen LogP contribution >= 0.6 is 15.9 Å². The van der Waals surface area contributed by atoms with Gasteiger partial charge in [-0.15, -0.1) is 0 Å². The second-order valence-corrected chi connectivity index (χ2v) is 4.07. The van der Waals surface area contributed by atoms with Crippen molar-refractivity contribution in [3.63, 3.8) is 0 Å². The van der Waals surface area contributed by atoms with Crippen LogP contribution in [0.1, 0.15) is 32.1 Å². The number of carboxylic acids is 1. The van der Waals surface area contributed by atoms with Crippen LogP contribution in [-0.4, -0.2) is 11.1 Å². The molecule has 12 heavy (non-hydrogen) atoms. The van der Waals surface area contributed by atoms with Crippen molar-refractivity contribution in [3.05, 3.63) is 10.6 Å². The van der Waals surface area contributed by atoms with Gasteiger partial charge in [0.05, 0.1) is 4.48 Å². The molecular formula is C9H13BrO2. The van der Waals surface area contributed by atoms with Crippen LogP contribution in [0.2, 0.25) is 0 Å². The summed E-state index contributed by atoms with van der Waals surface area (Å²) in [5.41, 5.74) is 0. The third-order valence-electron chi connectivity index (χ3n) is 2.24. The lowest BCUT2D eigenvalue weighted by Gasteiger charge is -2.17. The molecule has 1 saturated carbocycles. The molecule has 2 nitrogen and oxygen atoms in total. The summed E-state index contributed by atoms with van der Waals surface area (Å²) >= 11 is 3.04. The maximum Gasteiger partial charge on any atom is 0.342 e. The van der Waals surface area contributed by atoms with E-state index in [2.05, 4.69) is 15.9 Å². The van der Waals surface area contributed by atoms with Crippen molar-refractivity contribution in [1.82, 2.24) is 0 Å². The Morgan fingerprint density at radius 3 is 2.42 bits per heavy atom. The number of halogens is 1. The highest BCUT2D eigenvalue weighted by Gasteiger charge is 2.13. The topological polar surface area (TPSA) is 37.3 Å². The van der Waals surface area contributed by atoms with Gasteiger partial charge in [-0.25, -0.2) is 4.79 Å². The third-order valence-corrected chi connectivity index (χ3v) is 2.84.